The normalized spacial score (nSPS) is 12.4. The monoisotopic (exact) mass is 290 g/mol. The van der Waals surface area contributed by atoms with E-state index in [2.05, 4.69) is 10.3 Å². The van der Waals surface area contributed by atoms with Gasteiger partial charge in [-0.15, -0.1) is 0 Å². The van der Waals surface area contributed by atoms with Crippen LogP contribution in [0.25, 0.3) is 10.9 Å². The van der Waals surface area contributed by atoms with Crippen molar-refractivity contribution >= 4 is 16.8 Å². The van der Waals surface area contributed by atoms with Crippen LogP contribution in [-0.4, -0.2) is 28.6 Å². The summed E-state index contributed by atoms with van der Waals surface area (Å²) < 4.78 is 13.2. The molecule has 0 fully saturated rings. The number of pyridine rings is 1. The fraction of sp³-hybridized carbons (Fsp3) is 0.375. The lowest BCUT2D eigenvalue weighted by Crippen LogP contribution is -2.27. The molecule has 112 valence electrons. The molecule has 1 aromatic carbocycles. The highest BCUT2D eigenvalue weighted by Gasteiger charge is 2.12. The Bertz CT molecular complexity index is 658. The van der Waals surface area contributed by atoms with Crippen molar-refractivity contribution in [3.8, 4) is 0 Å². The molecule has 0 aliphatic carbocycles. The van der Waals surface area contributed by atoms with Crippen LogP contribution < -0.4 is 5.32 Å². The van der Waals surface area contributed by atoms with Gasteiger partial charge < -0.3 is 10.4 Å². The number of fused-ring (bicyclic) bond motifs is 1. The van der Waals surface area contributed by atoms with Crippen molar-refractivity contribution in [1.29, 1.82) is 0 Å². The maximum Gasteiger partial charge on any atom is 0.253 e. The zero-order valence-corrected chi connectivity index (χ0v) is 12.2. The number of carbonyl (C=O) groups excluding carboxylic acids is 1. The van der Waals surface area contributed by atoms with Crippen LogP contribution in [0, 0.1) is 12.7 Å². The average molecular weight is 290 g/mol. The summed E-state index contributed by atoms with van der Waals surface area (Å²) in [5.41, 5.74) is 1.56. The molecule has 2 rings (SSSR count). The van der Waals surface area contributed by atoms with Crippen LogP contribution in [0.5, 0.6) is 0 Å². The fourth-order valence-corrected chi connectivity index (χ4v) is 2.12. The van der Waals surface area contributed by atoms with E-state index in [4.69, 9.17) is 0 Å². The minimum absolute atomic E-state index is 0.227. The van der Waals surface area contributed by atoms with Gasteiger partial charge in [-0.05, 0) is 38.0 Å². The molecule has 1 aromatic heterocycles. The summed E-state index contributed by atoms with van der Waals surface area (Å²) in [5, 5.41) is 13.0. The van der Waals surface area contributed by atoms with Crippen molar-refractivity contribution in [1.82, 2.24) is 10.3 Å². The number of nitrogens with zero attached hydrogens (tertiary/aromatic N) is 1. The van der Waals surface area contributed by atoms with Gasteiger partial charge in [-0.25, -0.2) is 4.39 Å². The molecule has 2 N–H and O–H groups in total. The molecular weight excluding hydrogens is 271 g/mol. The number of benzene rings is 1. The maximum atomic E-state index is 13.2. The third kappa shape index (κ3) is 3.76. The third-order valence-corrected chi connectivity index (χ3v) is 3.45. The number of halogens is 1. The number of hydrogen-bond acceptors (Lipinski definition) is 3. The molecule has 0 spiro atoms. The van der Waals surface area contributed by atoms with Gasteiger partial charge in [-0.1, -0.05) is 6.92 Å². The van der Waals surface area contributed by atoms with Gasteiger partial charge in [0, 0.05) is 18.0 Å². The van der Waals surface area contributed by atoms with Crippen LogP contribution in [0.2, 0.25) is 0 Å². The fourth-order valence-electron chi connectivity index (χ4n) is 2.12. The molecule has 0 bridgehead atoms. The second-order valence-electron chi connectivity index (χ2n) is 5.07. The summed E-state index contributed by atoms with van der Waals surface area (Å²) in [6.45, 7) is 4.03. The van der Waals surface area contributed by atoms with E-state index in [1.165, 1.54) is 12.1 Å². The van der Waals surface area contributed by atoms with Crippen LogP contribution in [-0.2, 0) is 0 Å². The van der Waals surface area contributed by atoms with Gasteiger partial charge in [0.2, 0.25) is 0 Å². The minimum atomic E-state index is -0.399. The lowest BCUT2D eigenvalue weighted by molar-refractivity contribution is 0.0941. The van der Waals surface area contributed by atoms with E-state index >= 15 is 0 Å². The molecule has 5 heteroatoms. The lowest BCUT2D eigenvalue weighted by Gasteiger charge is -2.10. The number of nitrogens with one attached hydrogen (secondary N) is 1. The molecular formula is C16H19FN2O2. The molecule has 0 radical (unpaired) electrons. The highest BCUT2D eigenvalue weighted by atomic mass is 19.1. The second-order valence-corrected chi connectivity index (χ2v) is 5.07. The van der Waals surface area contributed by atoms with Crippen molar-refractivity contribution in [2.75, 3.05) is 6.54 Å². The van der Waals surface area contributed by atoms with E-state index < -0.39 is 6.10 Å². The molecule has 4 nitrogen and oxygen atoms in total. The van der Waals surface area contributed by atoms with Crippen LogP contribution in [0.4, 0.5) is 4.39 Å². The van der Waals surface area contributed by atoms with E-state index in [0.29, 0.717) is 36.2 Å². The Morgan fingerprint density at radius 3 is 2.90 bits per heavy atom. The summed E-state index contributed by atoms with van der Waals surface area (Å²) in [7, 11) is 0. The first-order valence-corrected chi connectivity index (χ1v) is 7.04. The number of carbonyl (C=O) groups is 1. The van der Waals surface area contributed by atoms with Crippen molar-refractivity contribution in [3.05, 3.63) is 41.3 Å². The quantitative estimate of drug-likeness (QED) is 0.889. The smallest absolute Gasteiger partial charge is 0.253 e. The number of aryl methyl sites for hydroxylation is 1. The largest absolute Gasteiger partial charge is 0.393 e. The number of hydrogen-bond donors (Lipinski definition) is 2. The Morgan fingerprint density at radius 2 is 2.19 bits per heavy atom. The van der Waals surface area contributed by atoms with Crippen LogP contribution >= 0.6 is 0 Å². The average Bonchev–Trinajstić information content (AvgIpc) is 2.45. The van der Waals surface area contributed by atoms with Gasteiger partial charge in [0.25, 0.3) is 5.91 Å². The predicted molar refractivity (Wildman–Crippen MR) is 79.7 cm³/mol. The summed E-state index contributed by atoms with van der Waals surface area (Å²) in [6, 6.07) is 6.01. The highest BCUT2D eigenvalue weighted by Crippen LogP contribution is 2.17. The Kier molecular flexibility index (Phi) is 4.85. The zero-order chi connectivity index (χ0) is 15.4. The molecule has 1 amide bonds. The Balaban J connectivity index is 2.15. The molecule has 1 unspecified atom stereocenters. The van der Waals surface area contributed by atoms with Gasteiger partial charge in [0.15, 0.2) is 0 Å². The standard InChI is InChI=1S/C16H19FN2O2/c1-3-13(20)6-7-18-16(21)14-8-11-4-5-12(17)9-15(11)19-10(14)2/h4-5,8-9,13,20H,3,6-7H2,1-2H3,(H,18,21). The minimum Gasteiger partial charge on any atom is -0.393 e. The maximum absolute atomic E-state index is 13.2. The number of aliphatic hydroxyl groups is 1. The Hall–Kier alpha value is -2.01. The van der Waals surface area contributed by atoms with E-state index in [0.717, 1.165) is 5.39 Å². The lowest BCUT2D eigenvalue weighted by atomic mass is 10.1. The summed E-state index contributed by atoms with van der Waals surface area (Å²) >= 11 is 0. The molecule has 21 heavy (non-hydrogen) atoms. The number of amides is 1. The predicted octanol–water partition coefficient (Wildman–Crippen LogP) is 2.57. The molecule has 1 heterocycles. The molecule has 0 saturated heterocycles. The zero-order valence-electron chi connectivity index (χ0n) is 12.2. The Morgan fingerprint density at radius 1 is 1.43 bits per heavy atom. The van der Waals surface area contributed by atoms with E-state index in [1.54, 1.807) is 19.1 Å². The van der Waals surface area contributed by atoms with Crippen LogP contribution in [0.1, 0.15) is 35.8 Å². The molecule has 0 saturated carbocycles. The van der Waals surface area contributed by atoms with Crippen LogP contribution in [0.3, 0.4) is 0 Å². The molecule has 0 aliphatic heterocycles. The first-order chi connectivity index (χ1) is 10.0. The number of aromatic nitrogens is 1. The summed E-state index contributed by atoms with van der Waals surface area (Å²) in [6.07, 6.45) is 0.787. The van der Waals surface area contributed by atoms with Crippen LogP contribution in [0.15, 0.2) is 24.3 Å². The SMILES string of the molecule is CCC(O)CCNC(=O)c1cc2ccc(F)cc2nc1C. The van der Waals surface area contributed by atoms with E-state index in [1.807, 2.05) is 6.92 Å². The van der Waals surface area contributed by atoms with Crippen molar-refractivity contribution < 1.29 is 14.3 Å². The van der Waals surface area contributed by atoms with E-state index in [-0.39, 0.29) is 11.7 Å². The highest BCUT2D eigenvalue weighted by molar-refractivity contribution is 5.98. The van der Waals surface area contributed by atoms with Crippen molar-refractivity contribution in [2.24, 2.45) is 0 Å². The number of rotatable bonds is 5. The summed E-state index contributed by atoms with van der Waals surface area (Å²) in [5.74, 6) is -0.574. The summed E-state index contributed by atoms with van der Waals surface area (Å²) in [4.78, 5) is 16.4. The van der Waals surface area contributed by atoms with E-state index in [9.17, 15) is 14.3 Å². The van der Waals surface area contributed by atoms with Crippen molar-refractivity contribution in [2.45, 2.75) is 32.8 Å². The first-order valence-electron chi connectivity index (χ1n) is 7.04. The third-order valence-electron chi connectivity index (χ3n) is 3.45. The Labute approximate surface area is 123 Å². The van der Waals surface area contributed by atoms with Crippen molar-refractivity contribution in [3.63, 3.8) is 0 Å². The molecule has 2 aromatic rings. The van der Waals surface area contributed by atoms with Gasteiger partial charge in [-0.2, -0.15) is 0 Å². The number of aliphatic hydroxyl groups excluding tert-OH is 1. The second kappa shape index (κ2) is 6.63. The molecule has 1 atom stereocenters. The molecule has 0 aliphatic rings. The van der Waals surface area contributed by atoms with Gasteiger partial charge in [0.1, 0.15) is 5.82 Å². The first kappa shape index (κ1) is 15.4. The van der Waals surface area contributed by atoms with Gasteiger partial charge in [-0.3, -0.25) is 9.78 Å². The van der Waals surface area contributed by atoms with Gasteiger partial charge in [0.05, 0.1) is 22.9 Å². The topological polar surface area (TPSA) is 62.2 Å². The van der Waals surface area contributed by atoms with Gasteiger partial charge >= 0.3 is 0 Å².